The molecule has 118 valence electrons. The molecule has 0 radical (unpaired) electrons. The molecule has 0 amide bonds. The zero-order chi connectivity index (χ0) is 16.3. The molecule has 0 fully saturated rings. The lowest BCUT2D eigenvalue weighted by Crippen LogP contribution is -2.60. The van der Waals surface area contributed by atoms with Crippen LogP contribution in [0.15, 0.2) is 0 Å². The molecule has 20 heavy (non-hydrogen) atoms. The Bertz CT molecular complexity index is 366. The molecule has 3 N–H and O–H groups in total. The van der Waals surface area contributed by atoms with Crippen LogP contribution < -0.4 is 0 Å². The van der Waals surface area contributed by atoms with E-state index in [2.05, 4.69) is 0 Å². The number of rotatable bonds is 8. The van der Waals surface area contributed by atoms with E-state index in [9.17, 15) is 24.9 Å². The van der Waals surface area contributed by atoms with E-state index >= 15 is 0 Å². The maximum Gasteiger partial charge on any atom is 0.339 e. The second-order valence-electron chi connectivity index (χ2n) is 6.48. The molecule has 0 bridgehead atoms. The molecule has 0 aromatic heterocycles. The molecule has 0 aromatic carbocycles. The summed E-state index contributed by atoms with van der Waals surface area (Å²) in [5.74, 6) is -3.50. The largest absolute Gasteiger partial charge is 0.479 e. The third-order valence-electron chi connectivity index (χ3n) is 3.18. The van der Waals surface area contributed by atoms with Gasteiger partial charge in [0.25, 0.3) is 0 Å². The van der Waals surface area contributed by atoms with Crippen molar-refractivity contribution in [1.82, 2.24) is 0 Å². The molecule has 0 aliphatic heterocycles. The Morgan fingerprint density at radius 1 is 1.15 bits per heavy atom. The Labute approximate surface area is 120 Å². The highest BCUT2D eigenvalue weighted by atomic mass is 28.4. The van der Waals surface area contributed by atoms with Crippen LogP contribution in [-0.2, 0) is 14.0 Å². The molecule has 2 unspecified atom stereocenters. The van der Waals surface area contributed by atoms with Crippen LogP contribution in [0.1, 0.15) is 27.7 Å². The van der Waals surface area contributed by atoms with E-state index in [0.717, 1.165) is 0 Å². The van der Waals surface area contributed by atoms with Crippen LogP contribution in [0.3, 0.4) is 0 Å². The number of carbonyl (C=O) groups is 2. The van der Waals surface area contributed by atoms with E-state index < -0.39 is 37.9 Å². The van der Waals surface area contributed by atoms with Gasteiger partial charge in [-0.2, -0.15) is 0 Å². The van der Waals surface area contributed by atoms with Gasteiger partial charge < -0.3 is 19.7 Å². The molecule has 0 saturated carbocycles. The summed E-state index contributed by atoms with van der Waals surface area (Å²) in [5.41, 5.74) is -2.44. The summed E-state index contributed by atoms with van der Waals surface area (Å²) in [6.07, 6.45) is -1.76. The van der Waals surface area contributed by atoms with Gasteiger partial charge in [-0.15, -0.1) is 0 Å². The van der Waals surface area contributed by atoms with Crippen LogP contribution in [0.25, 0.3) is 0 Å². The number of carboxylic acids is 2. The molecule has 0 aromatic rings. The van der Waals surface area contributed by atoms with E-state index in [4.69, 9.17) is 4.43 Å². The molecular weight excluding hydrogens is 280 g/mol. The van der Waals surface area contributed by atoms with Gasteiger partial charge >= 0.3 is 11.9 Å². The first-order valence-corrected chi connectivity index (χ1v) is 9.82. The summed E-state index contributed by atoms with van der Waals surface area (Å²) < 4.78 is 5.61. The van der Waals surface area contributed by atoms with Crippen molar-refractivity contribution in [2.45, 2.75) is 58.5 Å². The van der Waals surface area contributed by atoms with Gasteiger partial charge in [-0.3, -0.25) is 0 Å². The lowest BCUT2D eigenvalue weighted by Gasteiger charge is -2.37. The van der Waals surface area contributed by atoms with Gasteiger partial charge in [-0.1, -0.05) is 27.7 Å². The van der Waals surface area contributed by atoms with Crippen LogP contribution in [0.5, 0.6) is 0 Å². The highest BCUT2D eigenvalue weighted by Gasteiger charge is 2.53. The molecule has 0 spiro atoms. The van der Waals surface area contributed by atoms with Crippen molar-refractivity contribution in [3.8, 4) is 0 Å². The number of carboxylic acid groups (broad SMARTS) is 2. The van der Waals surface area contributed by atoms with Gasteiger partial charge in [-0.25, -0.2) is 9.59 Å². The first-order chi connectivity index (χ1) is 8.84. The molecule has 7 heteroatoms. The summed E-state index contributed by atoms with van der Waals surface area (Å²) in [5, 5.41) is 28.8. The number of hydrogen-bond donors (Lipinski definition) is 3. The van der Waals surface area contributed by atoms with Crippen molar-refractivity contribution in [3.05, 3.63) is 0 Å². The Morgan fingerprint density at radius 3 is 1.85 bits per heavy atom. The van der Waals surface area contributed by atoms with Crippen LogP contribution in [0.2, 0.25) is 19.1 Å². The Hall–Kier alpha value is -0.923. The molecule has 0 heterocycles. The minimum absolute atomic E-state index is 0.308. The fourth-order valence-corrected chi connectivity index (χ4v) is 5.32. The molecular formula is C13H26O6Si. The third kappa shape index (κ3) is 4.57. The Kier molecular flexibility index (Phi) is 6.38. The molecule has 0 rings (SSSR count). The summed E-state index contributed by atoms with van der Waals surface area (Å²) >= 11 is 0. The molecule has 0 saturated heterocycles. The summed E-state index contributed by atoms with van der Waals surface area (Å²) in [4.78, 5) is 22.7. The number of aliphatic carboxylic acids is 2. The van der Waals surface area contributed by atoms with Gasteiger partial charge in [0.05, 0.1) is 0 Å². The lowest BCUT2D eigenvalue weighted by molar-refractivity contribution is -0.188. The van der Waals surface area contributed by atoms with Crippen molar-refractivity contribution < 1.29 is 29.3 Å². The number of hydrogen-bond acceptors (Lipinski definition) is 4. The smallest absolute Gasteiger partial charge is 0.339 e. The summed E-state index contributed by atoms with van der Waals surface area (Å²) in [6.45, 7) is 10.5. The van der Waals surface area contributed by atoms with Crippen LogP contribution >= 0.6 is 0 Å². The highest BCUT2D eigenvalue weighted by molar-refractivity contribution is 6.71. The van der Waals surface area contributed by atoms with Crippen molar-refractivity contribution in [2.75, 3.05) is 0 Å². The van der Waals surface area contributed by atoms with Gasteiger partial charge in [0.1, 0.15) is 0 Å². The van der Waals surface area contributed by atoms with Crippen molar-refractivity contribution >= 4 is 20.3 Å². The zero-order valence-corrected chi connectivity index (χ0v) is 14.0. The topological polar surface area (TPSA) is 104 Å². The van der Waals surface area contributed by atoms with Gasteiger partial charge in [0, 0.05) is 0 Å². The first kappa shape index (κ1) is 19.1. The minimum Gasteiger partial charge on any atom is -0.479 e. The van der Waals surface area contributed by atoms with Crippen LogP contribution in [0, 0.1) is 11.8 Å². The van der Waals surface area contributed by atoms with Gasteiger partial charge in [0.2, 0.25) is 0 Å². The fourth-order valence-electron chi connectivity index (χ4n) is 2.34. The quantitative estimate of drug-likeness (QED) is 0.591. The average molecular weight is 306 g/mol. The predicted molar refractivity (Wildman–Crippen MR) is 77.1 cm³/mol. The van der Waals surface area contributed by atoms with E-state index in [0.29, 0.717) is 12.0 Å². The Balaban J connectivity index is 5.45. The predicted octanol–water partition coefficient (Wildman–Crippen LogP) is 1.79. The van der Waals surface area contributed by atoms with E-state index in [-0.39, 0.29) is 0 Å². The van der Waals surface area contributed by atoms with Crippen molar-refractivity contribution in [2.24, 2.45) is 11.8 Å². The van der Waals surface area contributed by atoms with E-state index in [1.54, 1.807) is 0 Å². The lowest BCUT2D eigenvalue weighted by atomic mass is 9.85. The van der Waals surface area contributed by atoms with Crippen molar-refractivity contribution in [3.63, 3.8) is 0 Å². The van der Waals surface area contributed by atoms with Crippen molar-refractivity contribution in [1.29, 1.82) is 0 Å². The normalized spacial score (nSPS) is 17.1. The highest BCUT2D eigenvalue weighted by Crippen LogP contribution is 2.29. The molecule has 2 atom stereocenters. The maximum atomic E-state index is 11.4. The van der Waals surface area contributed by atoms with E-state index in [1.807, 2.05) is 26.9 Å². The summed E-state index contributed by atoms with van der Waals surface area (Å²) in [6, 6.07) is 0.685. The fraction of sp³-hybridized carbons (Fsp3) is 0.846. The maximum absolute atomic E-state index is 11.4. The SMILES string of the molecule is CC(C)C[Si](C)(C)OC(C(=O)O)C(O)(C(=O)O)C(C)C. The van der Waals surface area contributed by atoms with E-state index in [1.165, 1.54) is 13.8 Å². The molecule has 6 nitrogen and oxygen atoms in total. The summed E-state index contributed by atoms with van der Waals surface area (Å²) in [7, 11) is -2.40. The van der Waals surface area contributed by atoms with Crippen LogP contribution in [0.4, 0.5) is 0 Å². The minimum atomic E-state index is -2.44. The second-order valence-corrected chi connectivity index (χ2v) is 10.6. The van der Waals surface area contributed by atoms with Crippen LogP contribution in [-0.4, -0.2) is 47.3 Å². The molecule has 0 aliphatic carbocycles. The monoisotopic (exact) mass is 306 g/mol. The first-order valence-electron chi connectivity index (χ1n) is 6.71. The number of aliphatic hydroxyl groups is 1. The third-order valence-corrected chi connectivity index (χ3v) is 5.86. The Morgan fingerprint density at radius 2 is 1.60 bits per heavy atom. The van der Waals surface area contributed by atoms with Gasteiger partial charge in [0.15, 0.2) is 20.0 Å². The zero-order valence-electron chi connectivity index (χ0n) is 13.0. The standard InChI is InChI=1S/C13H26O6Si/c1-8(2)7-20(5,6)19-10(11(14)15)13(18,9(3)4)12(16)17/h8-10,18H,7H2,1-6H3,(H,14,15)(H,16,17). The average Bonchev–Trinajstić information content (AvgIpc) is 2.21. The second kappa shape index (κ2) is 6.69. The van der Waals surface area contributed by atoms with Gasteiger partial charge in [-0.05, 0) is 31.0 Å². The molecule has 0 aliphatic rings.